The molecule has 0 saturated heterocycles. The van der Waals surface area contributed by atoms with Gasteiger partial charge in [-0.1, -0.05) is 39.0 Å². The third-order valence-corrected chi connectivity index (χ3v) is 4.29. The highest BCUT2D eigenvalue weighted by molar-refractivity contribution is 14.1. The summed E-state index contributed by atoms with van der Waals surface area (Å²) in [5, 5.41) is 0. The SMILES string of the molecule is Cc1cccc(C)c1-c1nc(C(C)(C)C)c(I)c(=O)[nH]1. The van der Waals surface area contributed by atoms with Crippen LogP contribution in [0.4, 0.5) is 0 Å². The molecule has 1 aromatic heterocycles. The molecule has 0 aliphatic carbocycles. The first-order valence-electron chi connectivity index (χ1n) is 6.58. The minimum atomic E-state index is -0.157. The fourth-order valence-corrected chi connectivity index (χ4v) is 3.33. The average molecular weight is 382 g/mol. The Morgan fingerprint density at radius 1 is 1.15 bits per heavy atom. The summed E-state index contributed by atoms with van der Waals surface area (Å²) in [5.41, 5.74) is 3.88. The van der Waals surface area contributed by atoms with Gasteiger partial charge in [0.2, 0.25) is 0 Å². The molecule has 1 N–H and O–H groups in total. The molecular formula is C16H19IN2O. The summed E-state index contributed by atoms with van der Waals surface area (Å²) in [5.74, 6) is 0.663. The average Bonchev–Trinajstić information content (AvgIpc) is 2.31. The molecule has 0 unspecified atom stereocenters. The van der Waals surface area contributed by atoms with E-state index in [1.807, 2.05) is 32.0 Å². The van der Waals surface area contributed by atoms with E-state index in [2.05, 4.69) is 48.3 Å². The smallest absolute Gasteiger partial charge is 0.264 e. The van der Waals surface area contributed by atoms with Crippen LogP contribution in [0.3, 0.4) is 0 Å². The number of nitrogens with zero attached hydrogens (tertiary/aromatic N) is 1. The van der Waals surface area contributed by atoms with E-state index in [1.54, 1.807) is 0 Å². The van der Waals surface area contributed by atoms with Gasteiger partial charge in [0.05, 0.1) is 5.69 Å². The van der Waals surface area contributed by atoms with Crippen LogP contribution in [-0.4, -0.2) is 9.97 Å². The molecule has 3 nitrogen and oxygen atoms in total. The van der Waals surface area contributed by atoms with Crippen LogP contribution in [0, 0.1) is 17.4 Å². The van der Waals surface area contributed by atoms with Gasteiger partial charge in [-0.05, 0) is 47.6 Å². The van der Waals surface area contributed by atoms with Crippen LogP contribution in [-0.2, 0) is 5.41 Å². The van der Waals surface area contributed by atoms with Crippen molar-refractivity contribution in [2.24, 2.45) is 0 Å². The van der Waals surface area contributed by atoms with E-state index in [9.17, 15) is 4.79 Å². The van der Waals surface area contributed by atoms with Crippen molar-refractivity contribution in [2.45, 2.75) is 40.0 Å². The number of aryl methyl sites for hydroxylation is 2. The summed E-state index contributed by atoms with van der Waals surface area (Å²) in [6.07, 6.45) is 0. The molecule has 1 aromatic carbocycles. The molecular weight excluding hydrogens is 363 g/mol. The number of hydrogen-bond acceptors (Lipinski definition) is 2. The van der Waals surface area contributed by atoms with Crippen molar-refractivity contribution in [3.05, 3.63) is 48.9 Å². The molecule has 0 amide bonds. The maximum Gasteiger partial charge on any atom is 0.264 e. The molecule has 0 bridgehead atoms. The van der Waals surface area contributed by atoms with Crippen molar-refractivity contribution in [3.63, 3.8) is 0 Å². The Morgan fingerprint density at radius 3 is 2.20 bits per heavy atom. The number of benzene rings is 1. The predicted octanol–water partition coefficient (Wildman–Crippen LogP) is 3.96. The monoisotopic (exact) mass is 382 g/mol. The summed E-state index contributed by atoms with van der Waals surface area (Å²) in [6.45, 7) is 10.3. The molecule has 0 spiro atoms. The number of aromatic nitrogens is 2. The Balaban J connectivity index is 2.78. The Morgan fingerprint density at radius 2 is 1.70 bits per heavy atom. The molecule has 106 valence electrons. The number of H-pyrrole nitrogens is 1. The lowest BCUT2D eigenvalue weighted by Crippen LogP contribution is -2.24. The molecule has 4 heteroatoms. The first-order valence-corrected chi connectivity index (χ1v) is 7.66. The second kappa shape index (κ2) is 5.31. The minimum Gasteiger partial charge on any atom is -0.306 e. The minimum absolute atomic E-state index is 0.0665. The molecule has 0 aliphatic heterocycles. The Kier molecular flexibility index (Phi) is 4.04. The molecule has 2 rings (SSSR count). The van der Waals surface area contributed by atoms with Crippen molar-refractivity contribution in [3.8, 4) is 11.4 Å². The molecule has 0 radical (unpaired) electrons. The van der Waals surface area contributed by atoms with E-state index in [0.29, 0.717) is 9.39 Å². The Labute approximate surface area is 133 Å². The number of hydrogen-bond donors (Lipinski definition) is 1. The fourth-order valence-electron chi connectivity index (χ4n) is 2.26. The highest BCUT2D eigenvalue weighted by Gasteiger charge is 2.23. The van der Waals surface area contributed by atoms with Crippen LogP contribution in [0.1, 0.15) is 37.6 Å². The number of nitrogens with one attached hydrogen (secondary N) is 1. The second-order valence-corrected chi connectivity index (χ2v) is 7.17. The van der Waals surface area contributed by atoms with Gasteiger partial charge in [-0.2, -0.15) is 0 Å². The van der Waals surface area contributed by atoms with Gasteiger partial charge in [0.25, 0.3) is 5.56 Å². The van der Waals surface area contributed by atoms with Crippen molar-refractivity contribution >= 4 is 22.6 Å². The number of halogens is 1. The Hall–Kier alpha value is -1.17. The van der Waals surface area contributed by atoms with Gasteiger partial charge in [0.1, 0.15) is 9.39 Å². The van der Waals surface area contributed by atoms with Crippen LogP contribution in [0.25, 0.3) is 11.4 Å². The first kappa shape index (κ1) is 15.2. The molecule has 0 aliphatic rings. The number of rotatable bonds is 1. The van der Waals surface area contributed by atoms with E-state index < -0.39 is 0 Å². The predicted molar refractivity (Wildman–Crippen MR) is 91.2 cm³/mol. The summed E-state index contributed by atoms with van der Waals surface area (Å²) >= 11 is 2.08. The van der Waals surface area contributed by atoms with Crippen LogP contribution in [0.2, 0.25) is 0 Å². The van der Waals surface area contributed by atoms with E-state index in [-0.39, 0.29) is 11.0 Å². The van der Waals surface area contributed by atoms with Crippen LogP contribution < -0.4 is 5.56 Å². The molecule has 0 saturated carbocycles. The van der Waals surface area contributed by atoms with Crippen molar-refractivity contribution in [2.75, 3.05) is 0 Å². The summed E-state index contributed by atoms with van der Waals surface area (Å²) in [4.78, 5) is 19.8. The maximum atomic E-state index is 12.2. The van der Waals surface area contributed by atoms with Gasteiger partial charge >= 0.3 is 0 Å². The van der Waals surface area contributed by atoms with E-state index >= 15 is 0 Å². The molecule has 2 aromatic rings. The fraction of sp³-hybridized carbons (Fsp3) is 0.375. The lowest BCUT2D eigenvalue weighted by molar-refractivity contribution is 0.562. The maximum absolute atomic E-state index is 12.2. The van der Waals surface area contributed by atoms with Crippen LogP contribution in [0.15, 0.2) is 23.0 Å². The van der Waals surface area contributed by atoms with Gasteiger partial charge in [-0.25, -0.2) is 4.98 Å². The first-order chi connectivity index (χ1) is 9.21. The lowest BCUT2D eigenvalue weighted by Gasteiger charge is -2.20. The van der Waals surface area contributed by atoms with Gasteiger partial charge in [-0.15, -0.1) is 0 Å². The van der Waals surface area contributed by atoms with Gasteiger partial charge in [0.15, 0.2) is 0 Å². The zero-order valence-corrected chi connectivity index (χ0v) is 14.6. The van der Waals surface area contributed by atoms with Gasteiger partial charge in [0, 0.05) is 11.0 Å². The highest BCUT2D eigenvalue weighted by atomic mass is 127. The standard InChI is InChI=1S/C16H19IN2O/c1-9-7-6-8-10(2)11(9)14-18-13(16(3,4)5)12(17)15(20)19-14/h6-8H,1-5H3,(H,18,19,20). The third kappa shape index (κ3) is 2.80. The van der Waals surface area contributed by atoms with Crippen LogP contribution in [0.5, 0.6) is 0 Å². The molecule has 1 heterocycles. The quantitative estimate of drug-likeness (QED) is 0.759. The third-order valence-electron chi connectivity index (χ3n) is 3.29. The van der Waals surface area contributed by atoms with Gasteiger partial charge in [-0.3, -0.25) is 4.79 Å². The summed E-state index contributed by atoms with van der Waals surface area (Å²) in [7, 11) is 0. The lowest BCUT2D eigenvalue weighted by atomic mass is 9.91. The molecule has 20 heavy (non-hydrogen) atoms. The van der Waals surface area contributed by atoms with E-state index in [1.165, 1.54) is 0 Å². The van der Waals surface area contributed by atoms with Crippen molar-refractivity contribution in [1.82, 2.24) is 9.97 Å². The zero-order chi connectivity index (χ0) is 15.1. The van der Waals surface area contributed by atoms with Crippen LogP contribution >= 0.6 is 22.6 Å². The summed E-state index contributed by atoms with van der Waals surface area (Å²) < 4.78 is 0.671. The Bertz CT molecular complexity index is 691. The van der Waals surface area contributed by atoms with E-state index in [4.69, 9.17) is 4.98 Å². The van der Waals surface area contributed by atoms with Gasteiger partial charge < -0.3 is 4.98 Å². The normalized spacial score (nSPS) is 11.7. The van der Waals surface area contributed by atoms with Crippen molar-refractivity contribution in [1.29, 1.82) is 0 Å². The summed E-state index contributed by atoms with van der Waals surface area (Å²) in [6, 6.07) is 6.09. The van der Waals surface area contributed by atoms with Crippen molar-refractivity contribution < 1.29 is 0 Å². The zero-order valence-electron chi connectivity index (χ0n) is 12.5. The molecule has 0 atom stereocenters. The largest absolute Gasteiger partial charge is 0.306 e. The van der Waals surface area contributed by atoms with E-state index in [0.717, 1.165) is 22.4 Å². The number of aromatic amines is 1. The topological polar surface area (TPSA) is 45.8 Å². The highest BCUT2D eigenvalue weighted by Crippen LogP contribution is 2.28. The molecule has 0 fully saturated rings. The second-order valence-electron chi connectivity index (χ2n) is 6.09.